The van der Waals surface area contributed by atoms with Crippen molar-refractivity contribution in [1.82, 2.24) is 30.5 Å². The lowest BCUT2D eigenvalue weighted by atomic mass is 9.97. The molecule has 4 aromatic rings. The number of amides is 4. The lowest BCUT2D eigenvalue weighted by molar-refractivity contribution is -0.108. The molecule has 4 heterocycles. The molecule has 202 valence electrons. The molecule has 0 aliphatic carbocycles. The summed E-state index contributed by atoms with van der Waals surface area (Å²) in [7, 11) is 0. The Morgan fingerprint density at radius 2 is 2.03 bits per heavy atom. The van der Waals surface area contributed by atoms with Crippen molar-refractivity contribution < 1.29 is 23.9 Å². The number of carbonyl (C=O) groups is 3. The first-order valence-corrected chi connectivity index (χ1v) is 12.1. The highest BCUT2D eigenvalue weighted by Crippen LogP contribution is 2.33. The molecular formula is C26H27N7O6. The van der Waals surface area contributed by atoms with E-state index in [9.17, 15) is 24.3 Å². The van der Waals surface area contributed by atoms with Crippen molar-refractivity contribution in [3.63, 3.8) is 0 Å². The number of phenolic OH excluding ortho intramolecular Hbond substituents is 1. The first-order chi connectivity index (χ1) is 18.6. The number of aromatic hydroxyl groups is 1. The third kappa shape index (κ3) is 5.42. The number of rotatable bonds is 6. The Hall–Kier alpha value is -5.20. The second kappa shape index (κ2) is 10.7. The molecule has 1 aliphatic heterocycles. The number of aromatic nitrogens is 3. The number of pyridine rings is 1. The Bertz CT molecular complexity index is 1630. The average Bonchev–Trinajstić information content (AvgIpc) is 3.46. The molecular weight excluding hydrogens is 506 g/mol. The highest BCUT2D eigenvalue weighted by atomic mass is 16.3. The fourth-order valence-corrected chi connectivity index (χ4v) is 4.35. The average molecular weight is 534 g/mol. The van der Waals surface area contributed by atoms with E-state index in [0.29, 0.717) is 22.2 Å². The van der Waals surface area contributed by atoms with Crippen molar-refractivity contribution in [1.29, 1.82) is 0 Å². The summed E-state index contributed by atoms with van der Waals surface area (Å²) in [6.07, 6.45) is 1.70. The number of furan rings is 1. The van der Waals surface area contributed by atoms with Crippen molar-refractivity contribution in [3.8, 4) is 17.0 Å². The van der Waals surface area contributed by atoms with Crippen LogP contribution in [0.5, 0.6) is 5.75 Å². The van der Waals surface area contributed by atoms with Crippen LogP contribution in [0.3, 0.4) is 0 Å². The van der Waals surface area contributed by atoms with Crippen LogP contribution in [0.25, 0.3) is 22.4 Å². The van der Waals surface area contributed by atoms with Gasteiger partial charge in [0.25, 0.3) is 11.5 Å². The fraction of sp³-hybridized carbons (Fsp3) is 0.231. The SMILES string of the molecule is CC.C[C@@](CN1Cc2ccc(O)cc2C1=O)(NC(=O)NC=O)c1cc2cc(-c3cc(=O)[nH]c(N)n3)cnc2o1. The van der Waals surface area contributed by atoms with E-state index in [2.05, 4.69) is 20.3 Å². The number of fused-ring (bicyclic) bond motifs is 2. The molecule has 0 saturated heterocycles. The van der Waals surface area contributed by atoms with Gasteiger partial charge in [0, 0.05) is 35.3 Å². The van der Waals surface area contributed by atoms with Gasteiger partial charge in [0.2, 0.25) is 18.1 Å². The van der Waals surface area contributed by atoms with E-state index in [1.807, 2.05) is 19.2 Å². The Morgan fingerprint density at radius 1 is 1.26 bits per heavy atom. The third-order valence-corrected chi connectivity index (χ3v) is 6.03. The number of imide groups is 1. The molecule has 0 saturated carbocycles. The van der Waals surface area contributed by atoms with Crippen LogP contribution < -0.4 is 21.9 Å². The van der Waals surface area contributed by atoms with Crippen LogP contribution in [0.4, 0.5) is 10.7 Å². The monoisotopic (exact) mass is 533 g/mol. The molecule has 0 unspecified atom stereocenters. The lowest BCUT2D eigenvalue weighted by Gasteiger charge is -2.32. The van der Waals surface area contributed by atoms with Crippen LogP contribution in [-0.2, 0) is 16.9 Å². The minimum Gasteiger partial charge on any atom is -0.508 e. The number of nitrogens with two attached hydrogens (primary N) is 1. The number of hydrogen-bond acceptors (Lipinski definition) is 9. The predicted octanol–water partition coefficient (Wildman–Crippen LogP) is 2.22. The quantitative estimate of drug-likeness (QED) is 0.231. The molecule has 1 atom stereocenters. The maximum atomic E-state index is 13.0. The number of nitrogens with one attached hydrogen (secondary N) is 3. The smallest absolute Gasteiger partial charge is 0.322 e. The number of H-pyrrole nitrogens is 1. The molecule has 0 fully saturated rings. The molecule has 13 heteroatoms. The molecule has 13 nitrogen and oxygen atoms in total. The zero-order valence-corrected chi connectivity index (χ0v) is 21.4. The van der Waals surface area contributed by atoms with Crippen LogP contribution in [0.15, 0.2) is 51.8 Å². The summed E-state index contributed by atoms with van der Waals surface area (Å²) in [4.78, 5) is 60.3. The van der Waals surface area contributed by atoms with Gasteiger partial charge in [0.15, 0.2) is 0 Å². The first kappa shape index (κ1) is 26.9. The van der Waals surface area contributed by atoms with E-state index in [0.717, 1.165) is 5.56 Å². The topological polar surface area (TPSA) is 197 Å². The van der Waals surface area contributed by atoms with Crippen molar-refractivity contribution in [2.45, 2.75) is 32.9 Å². The van der Waals surface area contributed by atoms with Gasteiger partial charge in [-0.15, -0.1) is 0 Å². The summed E-state index contributed by atoms with van der Waals surface area (Å²) in [5.41, 5.74) is 6.09. The summed E-state index contributed by atoms with van der Waals surface area (Å²) in [6.45, 7) is 5.87. The maximum Gasteiger partial charge on any atom is 0.322 e. The van der Waals surface area contributed by atoms with Gasteiger partial charge in [0.1, 0.15) is 17.0 Å². The van der Waals surface area contributed by atoms with Crippen molar-refractivity contribution in [3.05, 3.63) is 69.8 Å². The van der Waals surface area contributed by atoms with Gasteiger partial charge in [0.05, 0.1) is 12.2 Å². The molecule has 39 heavy (non-hydrogen) atoms. The molecule has 5 rings (SSSR count). The number of benzene rings is 1. The van der Waals surface area contributed by atoms with Gasteiger partial charge in [-0.05, 0) is 36.8 Å². The van der Waals surface area contributed by atoms with Gasteiger partial charge in [-0.3, -0.25) is 24.7 Å². The van der Waals surface area contributed by atoms with E-state index in [1.54, 1.807) is 25.1 Å². The second-order valence-corrected chi connectivity index (χ2v) is 8.80. The summed E-state index contributed by atoms with van der Waals surface area (Å²) in [5.74, 6) is -0.142. The summed E-state index contributed by atoms with van der Waals surface area (Å²) in [6, 6.07) is 8.38. The molecule has 3 aromatic heterocycles. The third-order valence-electron chi connectivity index (χ3n) is 6.03. The first-order valence-electron chi connectivity index (χ1n) is 12.1. The largest absolute Gasteiger partial charge is 0.508 e. The number of aromatic amines is 1. The molecule has 1 aliphatic rings. The van der Waals surface area contributed by atoms with Crippen LogP contribution in [0.1, 0.15) is 42.5 Å². The van der Waals surface area contributed by atoms with Crippen molar-refractivity contribution >= 4 is 35.4 Å². The molecule has 0 bridgehead atoms. The summed E-state index contributed by atoms with van der Waals surface area (Å²) in [5, 5.41) is 15.1. The zero-order chi connectivity index (χ0) is 28.3. The van der Waals surface area contributed by atoms with Gasteiger partial charge >= 0.3 is 6.03 Å². The van der Waals surface area contributed by atoms with E-state index in [1.165, 1.54) is 29.3 Å². The Morgan fingerprint density at radius 3 is 2.74 bits per heavy atom. The van der Waals surface area contributed by atoms with Crippen molar-refractivity contribution in [2.75, 3.05) is 12.3 Å². The van der Waals surface area contributed by atoms with Gasteiger partial charge in [-0.25, -0.2) is 14.8 Å². The zero-order valence-electron chi connectivity index (χ0n) is 21.4. The van der Waals surface area contributed by atoms with Gasteiger partial charge in [-0.2, -0.15) is 0 Å². The van der Waals surface area contributed by atoms with E-state index < -0.39 is 17.1 Å². The van der Waals surface area contributed by atoms with Crippen molar-refractivity contribution in [2.24, 2.45) is 0 Å². The summed E-state index contributed by atoms with van der Waals surface area (Å²) < 4.78 is 5.96. The number of carbonyl (C=O) groups excluding carboxylic acids is 3. The predicted molar refractivity (Wildman–Crippen MR) is 142 cm³/mol. The fourth-order valence-electron chi connectivity index (χ4n) is 4.35. The number of phenols is 1. The van der Waals surface area contributed by atoms with Gasteiger partial charge < -0.3 is 25.5 Å². The molecule has 6 N–H and O–H groups in total. The highest BCUT2D eigenvalue weighted by Gasteiger charge is 2.39. The number of urea groups is 1. The molecule has 0 radical (unpaired) electrons. The number of hydrogen-bond donors (Lipinski definition) is 5. The normalized spacial score (nSPS) is 13.7. The van der Waals surface area contributed by atoms with Gasteiger partial charge in [-0.1, -0.05) is 19.9 Å². The number of nitrogens with zero attached hydrogens (tertiary/aromatic N) is 3. The minimum atomic E-state index is -1.29. The van der Waals surface area contributed by atoms with Crippen LogP contribution in [0.2, 0.25) is 0 Å². The Balaban J connectivity index is 0.00000172. The highest BCUT2D eigenvalue weighted by molar-refractivity contribution is 5.99. The standard InChI is InChI=1S/C24H21N7O6.C2H6/c1-24(30-23(36)27-11-32,10-31-9-12-2-3-15(33)6-16(12)21(31)35)18-5-13-4-14(8-26-20(13)37-18)17-7-19(34)29-22(25)28-17;1-2/h2-8,11,33H,9-10H2,1H3,(H3,25,28,29,34)(H2,27,30,32,36);1-2H3/t24-;/m0./s1. The molecule has 0 spiro atoms. The Kier molecular flexibility index (Phi) is 7.33. The lowest BCUT2D eigenvalue weighted by Crippen LogP contribution is -2.53. The number of anilines is 1. The van der Waals surface area contributed by atoms with E-state index in [4.69, 9.17) is 10.2 Å². The van der Waals surface area contributed by atoms with Crippen LogP contribution in [-0.4, -0.2) is 49.9 Å². The summed E-state index contributed by atoms with van der Waals surface area (Å²) >= 11 is 0. The maximum absolute atomic E-state index is 13.0. The minimum absolute atomic E-state index is 0.0214. The van der Waals surface area contributed by atoms with Crippen LogP contribution >= 0.6 is 0 Å². The molecule has 1 aromatic carbocycles. The molecule has 4 amide bonds. The second-order valence-electron chi connectivity index (χ2n) is 8.80. The van der Waals surface area contributed by atoms with E-state index >= 15 is 0 Å². The number of nitrogen functional groups attached to an aromatic ring is 1. The van der Waals surface area contributed by atoms with Crippen LogP contribution in [0, 0.1) is 0 Å². The van der Waals surface area contributed by atoms with E-state index in [-0.39, 0.29) is 48.6 Å². The Labute approximate surface area is 222 Å².